The molecule has 82 valence electrons. The van der Waals surface area contributed by atoms with Gasteiger partial charge in [0.2, 0.25) is 0 Å². The second-order valence-electron chi connectivity index (χ2n) is 3.96. The average molecular weight is 325 g/mol. The molecule has 2 aromatic rings. The second-order valence-corrected chi connectivity index (χ2v) is 5.20. The topological polar surface area (TPSA) is 40.7 Å². The monoisotopic (exact) mass is 325 g/mol. The fraction of sp³-hybridized carbons (Fsp3) is 0.250. The molecule has 2 heterocycles. The predicted molar refractivity (Wildman–Crippen MR) is 71.3 cm³/mol. The number of aromatic amines is 1. The lowest BCUT2D eigenvalue weighted by molar-refractivity contribution is 0.553. The van der Waals surface area contributed by atoms with Crippen LogP contribution in [0.3, 0.4) is 0 Å². The SMILES string of the molecule is Ic1cccc(C2NCCc3[nH]cnc32)c1. The van der Waals surface area contributed by atoms with Crippen molar-refractivity contribution in [3.8, 4) is 0 Å². The maximum Gasteiger partial charge on any atom is 0.0926 e. The van der Waals surface area contributed by atoms with Crippen molar-refractivity contribution >= 4 is 22.6 Å². The van der Waals surface area contributed by atoms with Gasteiger partial charge in [-0.25, -0.2) is 4.98 Å². The van der Waals surface area contributed by atoms with Crippen LogP contribution in [0.1, 0.15) is 23.0 Å². The number of nitrogens with one attached hydrogen (secondary N) is 2. The number of benzene rings is 1. The van der Waals surface area contributed by atoms with E-state index in [4.69, 9.17) is 0 Å². The van der Waals surface area contributed by atoms with E-state index in [9.17, 15) is 0 Å². The van der Waals surface area contributed by atoms with Crippen molar-refractivity contribution in [2.24, 2.45) is 0 Å². The minimum Gasteiger partial charge on any atom is -0.348 e. The van der Waals surface area contributed by atoms with Crippen LogP contribution in [0.15, 0.2) is 30.6 Å². The Morgan fingerprint density at radius 1 is 1.38 bits per heavy atom. The third-order valence-corrected chi connectivity index (χ3v) is 3.60. The number of hydrogen-bond donors (Lipinski definition) is 2. The van der Waals surface area contributed by atoms with Crippen LogP contribution in [0.5, 0.6) is 0 Å². The largest absolute Gasteiger partial charge is 0.348 e. The van der Waals surface area contributed by atoms with E-state index in [0.29, 0.717) is 0 Å². The molecule has 1 aliphatic rings. The molecule has 1 aromatic heterocycles. The first-order chi connectivity index (χ1) is 7.84. The van der Waals surface area contributed by atoms with Crippen LogP contribution in [-0.4, -0.2) is 16.5 Å². The quantitative estimate of drug-likeness (QED) is 0.790. The summed E-state index contributed by atoms with van der Waals surface area (Å²) in [5.41, 5.74) is 3.70. The summed E-state index contributed by atoms with van der Waals surface area (Å²) in [5, 5.41) is 3.52. The molecular formula is C12H12IN3. The Balaban J connectivity index is 2.04. The number of hydrogen-bond acceptors (Lipinski definition) is 2. The fourth-order valence-electron chi connectivity index (χ4n) is 2.18. The Labute approximate surface area is 108 Å². The molecule has 0 amide bonds. The van der Waals surface area contributed by atoms with Crippen LogP contribution >= 0.6 is 22.6 Å². The van der Waals surface area contributed by atoms with Crippen molar-refractivity contribution in [3.63, 3.8) is 0 Å². The van der Waals surface area contributed by atoms with E-state index >= 15 is 0 Å². The zero-order chi connectivity index (χ0) is 11.0. The number of imidazole rings is 1. The molecule has 4 heteroatoms. The lowest BCUT2D eigenvalue weighted by Crippen LogP contribution is -2.30. The molecule has 1 unspecified atom stereocenters. The van der Waals surface area contributed by atoms with E-state index in [1.54, 1.807) is 6.33 Å². The first-order valence-corrected chi connectivity index (χ1v) is 6.43. The van der Waals surface area contributed by atoms with Gasteiger partial charge in [0.25, 0.3) is 0 Å². The smallest absolute Gasteiger partial charge is 0.0926 e. The van der Waals surface area contributed by atoms with E-state index in [2.05, 4.69) is 62.1 Å². The average Bonchev–Trinajstić information content (AvgIpc) is 2.76. The maximum atomic E-state index is 4.42. The molecule has 3 rings (SSSR count). The van der Waals surface area contributed by atoms with E-state index in [0.717, 1.165) is 18.7 Å². The number of H-pyrrole nitrogens is 1. The van der Waals surface area contributed by atoms with Gasteiger partial charge >= 0.3 is 0 Å². The first kappa shape index (κ1) is 10.3. The van der Waals surface area contributed by atoms with Gasteiger partial charge in [0.05, 0.1) is 18.1 Å². The van der Waals surface area contributed by atoms with Gasteiger partial charge in [-0.1, -0.05) is 12.1 Å². The van der Waals surface area contributed by atoms with Crippen LogP contribution in [0.25, 0.3) is 0 Å². The van der Waals surface area contributed by atoms with Crippen molar-refractivity contribution in [1.29, 1.82) is 0 Å². The van der Waals surface area contributed by atoms with Crippen molar-refractivity contribution in [1.82, 2.24) is 15.3 Å². The summed E-state index contributed by atoms with van der Waals surface area (Å²) in [5.74, 6) is 0. The van der Waals surface area contributed by atoms with Crippen LogP contribution in [0.2, 0.25) is 0 Å². The zero-order valence-electron chi connectivity index (χ0n) is 8.70. The molecule has 2 N–H and O–H groups in total. The molecule has 1 aromatic carbocycles. The Morgan fingerprint density at radius 2 is 2.31 bits per heavy atom. The number of nitrogens with zero attached hydrogens (tertiary/aromatic N) is 1. The zero-order valence-corrected chi connectivity index (χ0v) is 10.9. The molecule has 3 nitrogen and oxygen atoms in total. The summed E-state index contributed by atoms with van der Waals surface area (Å²) >= 11 is 2.34. The van der Waals surface area contributed by atoms with E-state index in [1.165, 1.54) is 14.8 Å². The number of rotatable bonds is 1. The van der Waals surface area contributed by atoms with Gasteiger partial charge < -0.3 is 10.3 Å². The third kappa shape index (κ3) is 1.76. The highest BCUT2D eigenvalue weighted by atomic mass is 127. The molecule has 0 bridgehead atoms. The van der Waals surface area contributed by atoms with Gasteiger partial charge in [-0.3, -0.25) is 0 Å². The first-order valence-electron chi connectivity index (χ1n) is 5.35. The number of fused-ring (bicyclic) bond motifs is 1. The van der Waals surface area contributed by atoms with Crippen LogP contribution < -0.4 is 5.32 Å². The minimum absolute atomic E-state index is 0.240. The standard InChI is InChI=1S/C12H12IN3/c13-9-3-1-2-8(6-9)11-12-10(4-5-14-11)15-7-16-12/h1-3,6-7,11,14H,4-5H2,(H,15,16). The maximum absolute atomic E-state index is 4.42. The van der Waals surface area contributed by atoms with Crippen molar-refractivity contribution in [2.75, 3.05) is 6.54 Å². The Bertz CT molecular complexity index is 506. The van der Waals surface area contributed by atoms with Gasteiger partial charge in [-0.2, -0.15) is 0 Å². The van der Waals surface area contributed by atoms with E-state index in [1.807, 2.05) is 0 Å². The molecular weight excluding hydrogens is 313 g/mol. The number of aromatic nitrogens is 2. The second kappa shape index (κ2) is 4.18. The highest BCUT2D eigenvalue weighted by molar-refractivity contribution is 14.1. The summed E-state index contributed by atoms with van der Waals surface area (Å²) in [6, 6.07) is 8.81. The minimum atomic E-state index is 0.240. The van der Waals surface area contributed by atoms with Gasteiger partial charge in [-0.15, -0.1) is 0 Å². The van der Waals surface area contributed by atoms with Gasteiger partial charge in [-0.05, 0) is 40.3 Å². The summed E-state index contributed by atoms with van der Waals surface area (Å²) in [7, 11) is 0. The normalized spacial score (nSPS) is 19.4. The summed E-state index contributed by atoms with van der Waals surface area (Å²) in [6.07, 6.45) is 2.83. The summed E-state index contributed by atoms with van der Waals surface area (Å²) < 4.78 is 1.26. The van der Waals surface area contributed by atoms with Gasteiger partial charge in [0.1, 0.15) is 0 Å². The molecule has 16 heavy (non-hydrogen) atoms. The van der Waals surface area contributed by atoms with Crippen LogP contribution in [-0.2, 0) is 6.42 Å². The van der Waals surface area contributed by atoms with Crippen molar-refractivity contribution in [3.05, 3.63) is 51.1 Å². The molecule has 0 fully saturated rings. The molecule has 0 radical (unpaired) electrons. The van der Waals surface area contributed by atoms with Crippen LogP contribution in [0.4, 0.5) is 0 Å². The van der Waals surface area contributed by atoms with E-state index < -0.39 is 0 Å². The highest BCUT2D eigenvalue weighted by Crippen LogP contribution is 2.26. The molecule has 0 aliphatic carbocycles. The molecule has 1 aliphatic heterocycles. The van der Waals surface area contributed by atoms with Crippen molar-refractivity contribution in [2.45, 2.75) is 12.5 Å². The van der Waals surface area contributed by atoms with E-state index in [-0.39, 0.29) is 6.04 Å². The molecule has 0 spiro atoms. The molecule has 0 saturated heterocycles. The number of halogens is 1. The molecule has 0 saturated carbocycles. The summed E-state index contributed by atoms with van der Waals surface area (Å²) in [6.45, 7) is 1.01. The lowest BCUT2D eigenvalue weighted by Gasteiger charge is -2.23. The Hall–Kier alpha value is -0.880. The Kier molecular flexibility index (Phi) is 2.69. The molecule has 1 atom stereocenters. The van der Waals surface area contributed by atoms with Gasteiger partial charge in [0, 0.05) is 22.2 Å². The van der Waals surface area contributed by atoms with Gasteiger partial charge in [0.15, 0.2) is 0 Å². The Morgan fingerprint density at radius 3 is 3.19 bits per heavy atom. The third-order valence-electron chi connectivity index (χ3n) is 2.93. The fourth-order valence-corrected chi connectivity index (χ4v) is 2.75. The summed E-state index contributed by atoms with van der Waals surface area (Å²) in [4.78, 5) is 7.64. The highest BCUT2D eigenvalue weighted by Gasteiger charge is 2.23. The van der Waals surface area contributed by atoms with Crippen molar-refractivity contribution < 1.29 is 0 Å². The van der Waals surface area contributed by atoms with Crippen LogP contribution in [0, 0.1) is 3.57 Å². The lowest BCUT2D eigenvalue weighted by atomic mass is 9.98. The predicted octanol–water partition coefficient (Wildman–Crippen LogP) is 2.25.